The highest BCUT2D eigenvalue weighted by atomic mass is 19.4. The summed E-state index contributed by atoms with van der Waals surface area (Å²) in [5, 5.41) is 7.27. The molecule has 9 heteroatoms. The Balaban J connectivity index is 2.00. The van der Waals surface area contributed by atoms with Crippen LogP contribution in [-0.4, -0.2) is 31.6 Å². The van der Waals surface area contributed by atoms with Crippen molar-refractivity contribution in [3.05, 3.63) is 35.9 Å². The Kier molecular flexibility index (Phi) is 7.02. The van der Waals surface area contributed by atoms with Crippen LogP contribution in [0.5, 0.6) is 5.75 Å². The van der Waals surface area contributed by atoms with Crippen LogP contribution in [0.25, 0.3) is 0 Å². The fourth-order valence-electron chi connectivity index (χ4n) is 2.70. The van der Waals surface area contributed by atoms with Gasteiger partial charge in [0.05, 0.1) is 5.69 Å². The number of nitrogens with one attached hydrogen (secondary N) is 2. The molecule has 2 rings (SSSR count). The molecule has 0 saturated carbocycles. The summed E-state index contributed by atoms with van der Waals surface area (Å²) in [4.78, 5) is 0. The van der Waals surface area contributed by atoms with Crippen molar-refractivity contribution in [2.24, 2.45) is 11.0 Å². The number of hydrogen-bond acceptors (Lipinski definition) is 4. The van der Waals surface area contributed by atoms with Crippen molar-refractivity contribution in [1.29, 1.82) is 0 Å². The maximum Gasteiger partial charge on any atom is 0.499 e. The number of hydrazone groups is 1. The van der Waals surface area contributed by atoms with E-state index in [1.54, 1.807) is 0 Å². The minimum Gasteiger partial charge on any atom is -0.426 e. The van der Waals surface area contributed by atoms with Crippen LogP contribution in [0.2, 0.25) is 0 Å². The molecule has 1 aromatic rings. The van der Waals surface area contributed by atoms with Gasteiger partial charge in [0.15, 0.2) is 0 Å². The SMILES string of the molecule is C#C/C(=N\Nc1ccc(OC(F)(F)C(F)(F)F)cc1)C1=CCC(CNC)CC1. The highest BCUT2D eigenvalue weighted by Crippen LogP contribution is 2.37. The predicted molar refractivity (Wildman–Crippen MR) is 97.3 cm³/mol. The van der Waals surface area contributed by atoms with Gasteiger partial charge in [-0.3, -0.25) is 5.43 Å². The Morgan fingerprint density at radius 2 is 1.93 bits per heavy atom. The Morgan fingerprint density at radius 3 is 2.43 bits per heavy atom. The average Bonchev–Trinajstić information content (AvgIpc) is 2.64. The first kappa shape index (κ1) is 21.7. The number of rotatable bonds is 7. The minimum absolute atomic E-state index is 0.361. The van der Waals surface area contributed by atoms with Crippen LogP contribution in [0.3, 0.4) is 0 Å². The first-order chi connectivity index (χ1) is 13.2. The summed E-state index contributed by atoms with van der Waals surface area (Å²) in [5.41, 5.74) is 4.40. The van der Waals surface area contributed by atoms with Crippen molar-refractivity contribution in [2.75, 3.05) is 19.0 Å². The smallest absolute Gasteiger partial charge is 0.426 e. The zero-order valence-corrected chi connectivity index (χ0v) is 15.1. The second kappa shape index (κ2) is 9.06. The normalized spacial score (nSPS) is 18.2. The van der Waals surface area contributed by atoms with E-state index in [1.807, 2.05) is 13.1 Å². The quantitative estimate of drug-likeness (QED) is 0.305. The lowest BCUT2D eigenvalue weighted by molar-refractivity contribution is -0.360. The molecule has 1 aliphatic rings. The van der Waals surface area contributed by atoms with E-state index in [1.165, 1.54) is 12.1 Å². The van der Waals surface area contributed by atoms with Crippen LogP contribution >= 0.6 is 0 Å². The van der Waals surface area contributed by atoms with Gasteiger partial charge in [-0.15, -0.1) is 6.42 Å². The van der Waals surface area contributed by atoms with E-state index in [2.05, 4.69) is 26.5 Å². The summed E-state index contributed by atoms with van der Waals surface area (Å²) >= 11 is 0. The summed E-state index contributed by atoms with van der Waals surface area (Å²) in [6, 6.07) is 4.49. The molecule has 0 spiro atoms. The van der Waals surface area contributed by atoms with Crippen molar-refractivity contribution in [1.82, 2.24) is 5.32 Å². The predicted octanol–water partition coefficient (Wildman–Crippen LogP) is 4.57. The summed E-state index contributed by atoms with van der Waals surface area (Å²) in [7, 11) is 1.90. The van der Waals surface area contributed by atoms with E-state index in [0.29, 0.717) is 17.3 Å². The summed E-state index contributed by atoms with van der Waals surface area (Å²) in [5.74, 6) is 2.42. The highest BCUT2D eigenvalue weighted by Gasteiger charge is 2.61. The average molecular weight is 401 g/mol. The monoisotopic (exact) mass is 401 g/mol. The van der Waals surface area contributed by atoms with Gasteiger partial charge in [-0.25, -0.2) is 0 Å². The minimum atomic E-state index is -5.80. The molecule has 0 bridgehead atoms. The molecule has 0 fully saturated rings. The largest absolute Gasteiger partial charge is 0.499 e. The van der Waals surface area contributed by atoms with E-state index in [4.69, 9.17) is 6.42 Å². The van der Waals surface area contributed by atoms with Crippen LogP contribution in [0.4, 0.5) is 27.6 Å². The van der Waals surface area contributed by atoms with E-state index < -0.39 is 18.0 Å². The number of terminal acetylenes is 1. The number of halogens is 5. The molecule has 152 valence electrons. The second-order valence-corrected chi connectivity index (χ2v) is 6.28. The molecular formula is C19H20F5N3O. The molecule has 1 atom stereocenters. The first-order valence-electron chi connectivity index (χ1n) is 8.54. The zero-order chi connectivity index (χ0) is 20.8. The maximum absolute atomic E-state index is 12.9. The van der Waals surface area contributed by atoms with Gasteiger partial charge in [0.1, 0.15) is 11.5 Å². The third kappa shape index (κ3) is 5.70. The van der Waals surface area contributed by atoms with Crippen LogP contribution in [0.15, 0.2) is 41.0 Å². The summed E-state index contributed by atoms with van der Waals surface area (Å²) in [6.07, 6.45) is -0.857. The zero-order valence-electron chi connectivity index (χ0n) is 15.1. The highest BCUT2D eigenvalue weighted by molar-refractivity contribution is 6.12. The molecule has 1 aromatic carbocycles. The van der Waals surface area contributed by atoms with Gasteiger partial charge in [-0.1, -0.05) is 6.08 Å². The van der Waals surface area contributed by atoms with Gasteiger partial charge in [0.2, 0.25) is 0 Å². The second-order valence-electron chi connectivity index (χ2n) is 6.28. The van der Waals surface area contributed by atoms with Gasteiger partial charge in [0.25, 0.3) is 0 Å². The molecule has 0 saturated heterocycles. The number of alkyl halides is 5. The molecule has 2 N–H and O–H groups in total. The standard InChI is InChI=1S/C19H20F5N3O/c1-3-17(14-6-4-13(5-7-14)12-25-2)27-26-15-8-10-16(11-9-15)28-19(23,24)18(20,21)22/h1,6,8-11,13,25-26H,4-5,7,12H2,2H3/b27-17+. The van der Waals surface area contributed by atoms with E-state index in [-0.39, 0.29) is 0 Å². The van der Waals surface area contributed by atoms with E-state index in [9.17, 15) is 22.0 Å². The number of benzene rings is 1. The van der Waals surface area contributed by atoms with Crippen LogP contribution in [0.1, 0.15) is 19.3 Å². The fraction of sp³-hybridized carbons (Fsp3) is 0.421. The lowest BCUT2D eigenvalue weighted by atomic mass is 9.88. The lowest BCUT2D eigenvalue weighted by Crippen LogP contribution is -2.41. The van der Waals surface area contributed by atoms with Crippen molar-refractivity contribution in [3.63, 3.8) is 0 Å². The van der Waals surface area contributed by atoms with Gasteiger partial charge in [-0.2, -0.15) is 27.1 Å². The number of ether oxygens (including phenoxy) is 1. The Morgan fingerprint density at radius 1 is 1.25 bits per heavy atom. The van der Waals surface area contributed by atoms with E-state index in [0.717, 1.165) is 43.5 Å². The van der Waals surface area contributed by atoms with Crippen LogP contribution < -0.4 is 15.5 Å². The maximum atomic E-state index is 12.9. The van der Waals surface area contributed by atoms with Crippen molar-refractivity contribution < 1.29 is 26.7 Å². The summed E-state index contributed by atoms with van der Waals surface area (Å²) < 4.78 is 66.0. The Hall–Kier alpha value is -2.60. The molecule has 0 aliphatic heterocycles. The molecular weight excluding hydrogens is 381 g/mol. The van der Waals surface area contributed by atoms with Crippen LogP contribution in [-0.2, 0) is 0 Å². The van der Waals surface area contributed by atoms with E-state index >= 15 is 0 Å². The molecule has 1 unspecified atom stereocenters. The first-order valence-corrected chi connectivity index (χ1v) is 8.54. The van der Waals surface area contributed by atoms with Crippen molar-refractivity contribution in [3.8, 4) is 18.1 Å². The molecule has 0 aromatic heterocycles. The lowest BCUT2D eigenvalue weighted by Gasteiger charge is -2.21. The third-order valence-electron chi connectivity index (χ3n) is 4.18. The topological polar surface area (TPSA) is 45.7 Å². The van der Waals surface area contributed by atoms with Gasteiger partial charge < -0.3 is 10.1 Å². The molecule has 0 radical (unpaired) electrons. The van der Waals surface area contributed by atoms with Crippen molar-refractivity contribution in [2.45, 2.75) is 31.5 Å². The van der Waals surface area contributed by atoms with Gasteiger partial charge in [-0.05, 0) is 74.5 Å². The summed E-state index contributed by atoms with van der Waals surface area (Å²) in [6.45, 7) is 0.923. The third-order valence-corrected chi connectivity index (χ3v) is 4.18. The molecule has 0 amide bonds. The number of anilines is 1. The van der Waals surface area contributed by atoms with Crippen molar-refractivity contribution >= 4 is 11.4 Å². The molecule has 1 aliphatic carbocycles. The van der Waals surface area contributed by atoms with Gasteiger partial charge in [0, 0.05) is 0 Å². The Bertz CT molecular complexity index is 763. The fourth-order valence-corrected chi connectivity index (χ4v) is 2.70. The molecule has 4 nitrogen and oxygen atoms in total. The molecule has 0 heterocycles. The van der Waals surface area contributed by atoms with Crippen LogP contribution in [0, 0.1) is 18.3 Å². The number of allylic oxidation sites excluding steroid dienone is 2. The Labute approximate surface area is 159 Å². The number of hydrogen-bond donors (Lipinski definition) is 2. The molecule has 28 heavy (non-hydrogen) atoms. The van der Waals surface area contributed by atoms with Gasteiger partial charge >= 0.3 is 12.3 Å². The number of nitrogens with zero attached hydrogens (tertiary/aromatic N) is 1.